The summed E-state index contributed by atoms with van der Waals surface area (Å²) in [5.74, 6) is -0.204. The van der Waals surface area contributed by atoms with Gasteiger partial charge in [0.1, 0.15) is 22.7 Å². The predicted molar refractivity (Wildman–Crippen MR) is 117 cm³/mol. The minimum atomic E-state index is -0.690. The lowest BCUT2D eigenvalue weighted by Crippen LogP contribution is -2.40. The van der Waals surface area contributed by atoms with Gasteiger partial charge < -0.3 is 14.2 Å². The number of amides is 1. The van der Waals surface area contributed by atoms with Gasteiger partial charge in [-0.2, -0.15) is 10.4 Å². The van der Waals surface area contributed by atoms with E-state index in [0.717, 1.165) is 0 Å². The van der Waals surface area contributed by atoms with Crippen LogP contribution in [0.1, 0.15) is 62.8 Å². The van der Waals surface area contributed by atoms with Gasteiger partial charge in [-0.3, -0.25) is 4.90 Å². The van der Waals surface area contributed by atoms with Gasteiger partial charge in [0, 0.05) is 12.6 Å². The summed E-state index contributed by atoms with van der Waals surface area (Å²) in [6, 6.07) is 6.97. The van der Waals surface area contributed by atoms with E-state index in [1.54, 1.807) is 45.9 Å². The summed E-state index contributed by atoms with van der Waals surface area (Å²) in [6.45, 7) is 9.82. The van der Waals surface area contributed by atoms with Crippen LogP contribution in [-0.4, -0.2) is 47.2 Å². The Morgan fingerprint density at radius 2 is 1.97 bits per heavy atom. The summed E-state index contributed by atoms with van der Waals surface area (Å²) in [4.78, 5) is 27.5. The van der Waals surface area contributed by atoms with Gasteiger partial charge in [0.25, 0.3) is 0 Å². The highest BCUT2D eigenvalue weighted by atomic mass is 16.6. The van der Waals surface area contributed by atoms with Crippen molar-refractivity contribution in [2.24, 2.45) is 0 Å². The molecule has 3 rings (SSSR count). The number of anilines is 1. The van der Waals surface area contributed by atoms with Gasteiger partial charge in [0.15, 0.2) is 5.69 Å². The second-order valence-electron chi connectivity index (χ2n) is 8.24. The number of hydrogen-bond donors (Lipinski definition) is 0. The van der Waals surface area contributed by atoms with E-state index in [-0.39, 0.29) is 12.3 Å². The Morgan fingerprint density at radius 3 is 2.59 bits per heavy atom. The van der Waals surface area contributed by atoms with Gasteiger partial charge >= 0.3 is 12.1 Å². The molecular formula is C23H28N4O5. The summed E-state index contributed by atoms with van der Waals surface area (Å²) in [6.07, 6.45) is 0.722. The Morgan fingerprint density at radius 1 is 1.22 bits per heavy atom. The van der Waals surface area contributed by atoms with Crippen LogP contribution in [-0.2, 0) is 15.9 Å². The fourth-order valence-corrected chi connectivity index (χ4v) is 3.51. The maximum absolute atomic E-state index is 13.1. The third-order valence-electron chi connectivity index (χ3n) is 4.69. The molecule has 2 aromatic rings. The Kier molecular flexibility index (Phi) is 6.72. The predicted octanol–water partition coefficient (Wildman–Crippen LogP) is 4.01. The van der Waals surface area contributed by atoms with Gasteiger partial charge in [-0.1, -0.05) is 0 Å². The number of nitriles is 1. The number of fused-ring (bicyclic) bond motifs is 1. The van der Waals surface area contributed by atoms with Crippen molar-refractivity contribution in [3.05, 3.63) is 35.2 Å². The first kappa shape index (κ1) is 23.1. The molecule has 1 aromatic carbocycles. The third kappa shape index (κ3) is 4.69. The molecule has 0 saturated heterocycles. The van der Waals surface area contributed by atoms with Gasteiger partial charge in [0.2, 0.25) is 0 Å². The number of hydrogen-bond acceptors (Lipinski definition) is 7. The van der Waals surface area contributed by atoms with Crippen LogP contribution in [0.25, 0.3) is 5.69 Å². The molecule has 0 N–H and O–H groups in total. The Hall–Kier alpha value is -3.54. The molecule has 0 aliphatic carbocycles. The van der Waals surface area contributed by atoms with Crippen molar-refractivity contribution in [3.63, 3.8) is 0 Å². The zero-order chi connectivity index (χ0) is 23.5. The number of carbonyl (C=O) groups excluding carboxylic acids is 2. The highest BCUT2D eigenvalue weighted by Gasteiger charge is 2.36. The molecule has 1 aliphatic heterocycles. The van der Waals surface area contributed by atoms with Crippen LogP contribution in [0.2, 0.25) is 0 Å². The van der Waals surface area contributed by atoms with Crippen LogP contribution in [0.5, 0.6) is 5.75 Å². The molecular weight excluding hydrogens is 412 g/mol. The summed E-state index contributed by atoms with van der Waals surface area (Å²) in [5.41, 5.74) is 1.31. The minimum Gasteiger partial charge on any atom is -0.492 e. The highest BCUT2D eigenvalue weighted by molar-refractivity contribution is 6.01. The molecule has 9 nitrogen and oxygen atoms in total. The molecule has 9 heteroatoms. The Labute approximate surface area is 187 Å². The Balaban J connectivity index is 2.21. The summed E-state index contributed by atoms with van der Waals surface area (Å²) < 4.78 is 18.1. The maximum Gasteiger partial charge on any atom is 0.414 e. The molecule has 0 fully saturated rings. The molecule has 0 radical (unpaired) electrons. The quantitative estimate of drug-likeness (QED) is 0.647. The third-order valence-corrected chi connectivity index (χ3v) is 4.69. The highest BCUT2D eigenvalue weighted by Crippen LogP contribution is 2.36. The minimum absolute atomic E-state index is 0.123. The van der Waals surface area contributed by atoms with Gasteiger partial charge in [-0.05, 0) is 59.6 Å². The number of nitrogens with zero attached hydrogens (tertiary/aromatic N) is 4. The van der Waals surface area contributed by atoms with Crippen LogP contribution in [0.4, 0.5) is 10.5 Å². The molecule has 0 saturated carbocycles. The molecule has 2 heterocycles. The Bertz CT molecular complexity index is 1060. The fourth-order valence-electron chi connectivity index (χ4n) is 3.51. The molecule has 0 unspecified atom stereocenters. The van der Waals surface area contributed by atoms with Crippen molar-refractivity contribution < 1.29 is 23.8 Å². The average molecular weight is 441 g/mol. The van der Waals surface area contributed by atoms with Gasteiger partial charge in [-0.25, -0.2) is 14.3 Å². The number of aryl methyl sites for hydroxylation is 1. The van der Waals surface area contributed by atoms with Gasteiger partial charge in [-0.15, -0.1) is 0 Å². The largest absolute Gasteiger partial charge is 0.492 e. The first-order valence-corrected chi connectivity index (χ1v) is 10.7. The number of rotatable bonds is 5. The summed E-state index contributed by atoms with van der Waals surface area (Å²) >= 11 is 0. The SMILES string of the molecule is CCOC(=O)c1c2c(nn1-c1ccc(C#N)cc1OCC)CCCN2C(=O)OC(C)(C)C. The zero-order valence-electron chi connectivity index (χ0n) is 19.1. The number of esters is 1. The lowest BCUT2D eigenvalue weighted by Gasteiger charge is -2.30. The number of benzene rings is 1. The summed E-state index contributed by atoms with van der Waals surface area (Å²) in [7, 11) is 0. The molecule has 1 aliphatic rings. The molecule has 1 aromatic heterocycles. The van der Waals surface area contributed by atoms with E-state index in [9.17, 15) is 14.9 Å². The number of carbonyl (C=O) groups is 2. The molecule has 0 spiro atoms. The lowest BCUT2D eigenvalue weighted by atomic mass is 10.1. The molecule has 0 atom stereocenters. The first-order chi connectivity index (χ1) is 15.2. The van der Waals surface area contributed by atoms with E-state index in [1.165, 1.54) is 9.58 Å². The van der Waals surface area contributed by atoms with Crippen LogP contribution >= 0.6 is 0 Å². The molecule has 170 valence electrons. The van der Waals surface area contributed by atoms with Crippen molar-refractivity contribution in [3.8, 4) is 17.5 Å². The van der Waals surface area contributed by atoms with Crippen LogP contribution < -0.4 is 9.64 Å². The van der Waals surface area contributed by atoms with Crippen LogP contribution in [0.15, 0.2) is 18.2 Å². The lowest BCUT2D eigenvalue weighted by molar-refractivity contribution is 0.0516. The number of aromatic nitrogens is 2. The van der Waals surface area contributed by atoms with E-state index in [4.69, 9.17) is 14.2 Å². The smallest absolute Gasteiger partial charge is 0.414 e. The fraction of sp³-hybridized carbons (Fsp3) is 0.478. The van der Waals surface area contributed by atoms with Crippen molar-refractivity contribution in [2.45, 2.75) is 53.1 Å². The van der Waals surface area contributed by atoms with Crippen LogP contribution in [0, 0.1) is 11.3 Å². The average Bonchev–Trinajstić information content (AvgIpc) is 3.12. The zero-order valence-corrected chi connectivity index (χ0v) is 19.1. The number of ether oxygens (including phenoxy) is 3. The second kappa shape index (κ2) is 9.30. The summed E-state index contributed by atoms with van der Waals surface area (Å²) in [5, 5.41) is 13.9. The van der Waals surface area contributed by atoms with Crippen molar-refractivity contribution in [2.75, 3.05) is 24.7 Å². The van der Waals surface area contributed by atoms with E-state index in [0.29, 0.717) is 54.4 Å². The topological polar surface area (TPSA) is 107 Å². The second-order valence-corrected chi connectivity index (χ2v) is 8.24. The van der Waals surface area contributed by atoms with E-state index < -0.39 is 17.7 Å². The molecule has 32 heavy (non-hydrogen) atoms. The van der Waals surface area contributed by atoms with Gasteiger partial charge in [0.05, 0.1) is 30.5 Å². The monoisotopic (exact) mass is 440 g/mol. The van der Waals surface area contributed by atoms with Crippen molar-refractivity contribution in [1.82, 2.24) is 9.78 Å². The van der Waals surface area contributed by atoms with E-state index in [1.807, 2.05) is 6.92 Å². The standard InChI is InChI=1S/C23H28N4O5/c1-6-30-18-13-15(14-24)10-11-17(18)27-20(21(28)31-7-2)19-16(25-27)9-8-12-26(19)22(29)32-23(3,4)5/h10-11,13H,6-9,12H2,1-5H3. The first-order valence-electron chi connectivity index (χ1n) is 10.7. The van der Waals surface area contributed by atoms with E-state index in [2.05, 4.69) is 11.2 Å². The van der Waals surface area contributed by atoms with Crippen LogP contribution in [0.3, 0.4) is 0 Å². The molecule has 1 amide bonds. The van der Waals surface area contributed by atoms with Crippen molar-refractivity contribution >= 4 is 17.7 Å². The molecule has 0 bridgehead atoms. The van der Waals surface area contributed by atoms with E-state index >= 15 is 0 Å². The maximum atomic E-state index is 13.1. The van der Waals surface area contributed by atoms with Crippen molar-refractivity contribution in [1.29, 1.82) is 5.26 Å². The normalized spacial score (nSPS) is 13.2.